The summed E-state index contributed by atoms with van der Waals surface area (Å²) in [5, 5.41) is 0. The van der Waals surface area contributed by atoms with E-state index in [1.54, 1.807) is 12.1 Å². The van der Waals surface area contributed by atoms with Crippen LogP contribution in [-0.2, 0) is 14.8 Å². The first-order valence-corrected chi connectivity index (χ1v) is 6.36. The van der Waals surface area contributed by atoms with E-state index in [1.807, 2.05) is 6.92 Å². The van der Waals surface area contributed by atoms with Crippen molar-refractivity contribution in [1.29, 1.82) is 0 Å². The third-order valence-electron chi connectivity index (χ3n) is 2.48. The van der Waals surface area contributed by atoms with Crippen LogP contribution in [0.5, 0.6) is 0 Å². The van der Waals surface area contributed by atoms with Crippen molar-refractivity contribution in [2.45, 2.75) is 11.8 Å². The molecule has 17 heavy (non-hydrogen) atoms. The fourth-order valence-corrected chi connectivity index (χ4v) is 2.81. The average Bonchev–Trinajstić information content (AvgIpc) is 2.61. The van der Waals surface area contributed by atoms with Crippen LogP contribution in [-0.4, -0.2) is 25.2 Å². The van der Waals surface area contributed by atoms with Crippen LogP contribution in [0.25, 0.3) is 0 Å². The number of rotatable bonds is 2. The Morgan fingerprint density at radius 2 is 1.82 bits per heavy atom. The van der Waals surface area contributed by atoms with Gasteiger partial charge in [-0.15, -0.1) is 0 Å². The molecule has 0 spiro atoms. The van der Waals surface area contributed by atoms with Gasteiger partial charge in [-0.1, -0.05) is 17.7 Å². The van der Waals surface area contributed by atoms with E-state index in [1.165, 1.54) is 12.1 Å². The van der Waals surface area contributed by atoms with Crippen molar-refractivity contribution < 1.29 is 17.6 Å². The van der Waals surface area contributed by atoms with Crippen molar-refractivity contribution in [3.63, 3.8) is 0 Å². The molecule has 0 aliphatic carbocycles. The van der Waals surface area contributed by atoms with Crippen molar-refractivity contribution in [2.24, 2.45) is 0 Å². The molecule has 1 heterocycles. The van der Waals surface area contributed by atoms with E-state index in [4.69, 9.17) is 0 Å². The van der Waals surface area contributed by atoms with E-state index in [0.717, 1.165) is 11.6 Å². The molecule has 0 radical (unpaired) electrons. The highest BCUT2D eigenvalue weighted by molar-refractivity contribution is 7.89. The zero-order valence-electron chi connectivity index (χ0n) is 9.05. The predicted molar refractivity (Wildman–Crippen MR) is 59.3 cm³/mol. The molecule has 4 nitrogen and oxygen atoms in total. The third kappa shape index (κ3) is 1.95. The van der Waals surface area contributed by atoms with Gasteiger partial charge in [-0.3, -0.25) is 4.79 Å². The zero-order valence-corrected chi connectivity index (χ0v) is 9.87. The summed E-state index contributed by atoms with van der Waals surface area (Å²) in [6.07, 6.45) is 0.952. The number of halogens is 1. The number of amides is 1. The minimum absolute atomic E-state index is 0.0143. The van der Waals surface area contributed by atoms with Gasteiger partial charge < -0.3 is 0 Å². The molecule has 2 rings (SSSR count). The van der Waals surface area contributed by atoms with Crippen molar-refractivity contribution in [3.8, 4) is 0 Å². The second kappa shape index (κ2) is 3.96. The number of carbonyl (C=O) groups excluding carboxylic acids is 1. The number of nitrogens with zero attached hydrogens (tertiary/aromatic N) is 1. The molecule has 90 valence electrons. The van der Waals surface area contributed by atoms with Crippen LogP contribution < -0.4 is 0 Å². The first-order chi connectivity index (χ1) is 7.93. The van der Waals surface area contributed by atoms with Crippen LogP contribution >= 0.6 is 0 Å². The Hall–Kier alpha value is -1.69. The summed E-state index contributed by atoms with van der Waals surface area (Å²) in [6.45, 7) is 1.57. The number of benzene rings is 1. The maximum atomic E-state index is 12.9. The Labute approximate surface area is 98.4 Å². The second-order valence-corrected chi connectivity index (χ2v) is 5.57. The summed E-state index contributed by atoms with van der Waals surface area (Å²) >= 11 is 0. The van der Waals surface area contributed by atoms with Crippen LogP contribution in [0, 0.1) is 6.92 Å². The summed E-state index contributed by atoms with van der Waals surface area (Å²) in [5.74, 6) is -2.13. The van der Waals surface area contributed by atoms with Gasteiger partial charge >= 0.3 is 0 Å². The van der Waals surface area contributed by atoms with Crippen LogP contribution in [0.1, 0.15) is 5.56 Å². The molecule has 0 fully saturated rings. The van der Waals surface area contributed by atoms with Gasteiger partial charge in [0.2, 0.25) is 0 Å². The number of hydrogen-bond acceptors (Lipinski definition) is 3. The molecule has 6 heteroatoms. The number of sulfonamides is 1. The van der Waals surface area contributed by atoms with Gasteiger partial charge in [0.1, 0.15) is 0 Å². The van der Waals surface area contributed by atoms with Gasteiger partial charge in [-0.2, -0.15) is 0 Å². The lowest BCUT2D eigenvalue weighted by Crippen LogP contribution is -2.33. The van der Waals surface area contributed by atoms with Crippen LogP contribution in [0.3, 0.4) is 0 Å². The average molecular weight is 255 g/mol. The fourth-order valence-electron chi connectivity index (χ4n) is 1.50. The zero-order chi connectivity index (χ0) is 12.6. The van der Waals surface area contributed by atoms with E-state index < -0.39 is 21.8 Å². The third-order valence-corrected chi connectivity index (χ3v) is 4.24. The van der Waals surface area contributed by atoms with E-state index in [0.29, 0.717) is 4.31 Å². The van der Waals surface area contributed by atoms with Gasteiger partial charge in [0.25, 0.3) is 15.9 Å². The van der Waals surface area contributed by atoms with Gasteiger partial charge in [0.05, 0.1) is 11.4 Å². The van der Waals surface area contributed by atoms with Crippen molar-refractivity contribution in [2.75, 3.05) is 6.54 Å². The van der Waals surface area contributed by atoms with Crippen LogP contribution in [0.2, 0.25) is 0 Å². The number of carbonyl (C=O) groups is 1. The highest BCUT2D eigenvalue weighted by Gasteiger charge is 2.34. The molecule has 0 atom stereocenters. The molecule has 0 unspecified atom stereocenters. The SMILES string of the molecule is Cc1ccc(S(=O)(=O)N2CC=C(F)C2=O)cc1. The van der Waals surface area contributed by atoms with Gasteiger partial charge in [0, 0.05) is 0 Å². The molecule has 1 amide bonds. The molecule has 0 saturated heterocycles. The molecule has 1 aliphatic rings. The normalized spacial score (nSPS) is 16.2. The minimum Gasteiger partial charge on any atom is -0.265 e. The Morgan fingerprint density at radius 1 is 1.24 bits per heavy atom. The topological polar surface area (TPSA) is 54.5 Å². The van der Waals surface area contributed by atoms with E-state index in [9.17, 15) is 17.6 Å². The van der Waals surface area contributed by atoms with Gasteiger partial charge in [-0.25, -0.2) is 17.1 Å². The summed E-state index contributed by atoms with van der Waals surface area (Å²) in [7, 11) is -3.95. The lowest BCUT2D eigenvalue weighted by atomic mass is 10.2. The second-order valence-electron chi connectivity index (χ2n) is 3.71. The molecule has 1 aromatic carbocycles. The Kier molecular flexibility index (Phi) is 2.74. The van der Waals surface area contributed by atoms with Crippen molar-refractivity contribution >= 4 is 15.9 Å². The van der Waals surface area contributed by atoms with Crippen molar-refractivity contribution in [3.05, 3.63) is 41.7 Å². The number of aryl methyl sites for hydroxylation is 1. The minimum atomic E-state index is -3.95. The largest absolute Gasteiger partial charge is 0.296 e. The highest BCUT2D eigenvalue weighted by atomic mass is 32.2. The van der Waals surface area contributed by atoms with Crippen LogP contribution in [0.15, 0.2) is 41.1 Å². The Bertz CT molecular complexity index is 590. The predicted octanol–water partition coefficient (Wildman–Crippen LogP) is 1.38. The maximum absolute atomic E-state index is 12.9. The molecule has 1 aliphatic heterocycles. The lowest BCUT2D eigenvalue weighted by Gasteiger charge is -2.15. The monoisotopic (exact) mass is 255 g/mol. The Balaban J connectivity index is 2.39. The van der Waals surface area contributed by atoms with Crippen LogP contribution in [0.4, 0.5) is 4.39 Å². The summed E-state index contributed by atoms with van der Waals surface area (Å²) in [5.41, 5.74) is 0.904. The summed E-state index contributed by atoms with van der Waals surface area (Å²) in [4.78, 5) is 11.3. The fraction of sp³-hybridized carbons (Fsp3) is 0.182. The van der Waals surface area contributed by atoms with Crippen molar-refractivity contribution in [1.82, 2.24) is 4.31 Å². The molecular weight excluding hydrogens is 245 g/mol. The first kappa shape index (κ1) is 11.8. The maximum Gasteiger partial charge on any atom is 0.296 e. The molecule has 0 saturated carbocycles. The molecule has 1 aromatic rings. The first-order valence-electron chi connectivity index (χ1n) is 4.92. The summed E-state index contributed by atoms with van der Waals surface area (Å²) < 4.78 is 37.4. The highest BCUT2D eigenvalue weighted by Crippen LogP contribution is 2.22. The van der Waals surface area contributed by atoms with Gasteiger partial charge in [0.15, 0.2) is 5.83 Å². The smallest absolute Gasteiger partial charge is 0.265 e. The van der Waals surface area contributed by atoms with E-state index in [-0.39, 0.29) is 11.4 Å². The lowest BCUT2D eigenvalue weighted by molar-refractivity contribution is -0.122. The number of hydrogen-bond donors (Lipinski definition) is 0. The molecule has 0 aromatic heterocycles. The van der Waals surface area contributed by atoms with Gasteiger partial charge in [-0.05, 0) is 25.1 Å². The van der Waals surface area contributed by atoms with E-state index in [2.05, 4.69) is 0 Å². The molecular formula is C11H10FNO3S. The molecule has 0 N–H and O–H groups in total. The summed E-state index contributed by atoms with van der Waals surface area (Å²) in [6, 6.07) is 6.04. The quantitative estimate of drug-likeness (QED) is 0.802. The standard InChI is InChI=1S/C11H10FNO3S/c1-8-2-4-9(5-3-8)17(15,16)13-7-6-10(12)11(13)14/h2-6H,7H2,1H3. The Morgan fingerprint density at radius 3 is 2.29 bits per heavy atom. The van der Waals surface area contributed by atoms with E-state index >= 15 is 0 Å². The molecule has 0 bridgehead atoms.